The Bertz CT molecular complexity index is 737. The summed E-state index contributed by atoms with van der Waals surface area (Å²) in [5, 5.41) is 6.44. The van der Waals surface area contributed by atoms with E-state index < -0.39 is 15.9 Å². The molecule has 1 aromatic rings. The number of hydrogen-bond donors (Lipinski definition) is 2. The fourth-order valence-electron chi connectivity index (χ4n) is 2.29. The van der Waals surface area contributed by atoms with E-state index in [-0.39, 0.29) is 24.0 Å². The molecule has 0 aliphatic carbocycles. The molecule has 1 unspecified atom stereocenters. The van der Waals surface area contributed by atoms with Gasteiger partial charge in [-0.15, -0.1) is 0 Å². The molecule has 2 aliphatic rings. The van der Waals surface area contributed by atoms with Gasteiger partial charge in [0.05, 0.1) is 18.2 Å². The molecule has 0 radical (unpaired) electrons. The lowest BCUT2D eigenvalue weighted by Gasteiger charge is -2.10. The zero-order valence-corrected chi connectivity index (χ0v) is 11.2. The molecule has 0 aromatic heterocycles. The van der Waals surface area contributed by atoms with Crippen LogP contribution < -0.4 is 10.6 Å². The lowest BCUT2D eigenvalue weighted by molar-refractivity contribution is -0.115. The number of fused-ring (bicyclic) bond motifs is 1. The van der Waals surface area contributed by atoms with Crippen molar-refractivity contribution in [2.45, 2.75) is 12.5 Å². The highest BCUT2D eigenvalue weighted by atomic mass is 32.2. The summed E-state index contributed by atoms with van der Waals surface area (Å²) < 4.78 is 22.5. The molecule has 20 heavy (non-hydrogen) atoms. The standard InChI is InChI=1S/C13H12N2O4S/c16-12-6-9-5-8(1-2-11(9)15-12)13(17)14-10-3-4-20(18,19)7-10/h1-5,10H,6-7H2,(H,14,17)(H,15,16). The Morgan fingerprint density at radius 1 is 1.35 bits per heavy atom. The molecule has 2 heterocycles. The summed E-state index contributed by atoms with van der Waals surface area (Å²) in [4.78, 5) is 23.3. The second kappa shape index (κ2) is 4.45. The Labute approximate surface area is 115 Å². The monoisotopic (exact) mass is 292 g/mol. The van der Waals surface area contributed by atoms with Crippen LogP contribution in [-0.4, -0.2) is 32.0 Å². The van der Waals surface area contributed by atoms with E-state index in [1.165, 1.54) is 6.08 Å². The predicted molar refractivity (Wildman–Crippen MR) is 73.0 cm³/mol. The van der Waals surface area contributed by atoms with E-state index in [1.807, 2.05) is 0 Å². The van der Waals surface area contributed by atoms with Gasteiger partial charge in [0.1, 0.15) is 0 Å². The molecule has 104 valence electrons. The molecule has 6 nitrogen and oxygen atoms in total. The maximum absolute atomic E-state index is 12.0. The minimum Gasteiger partial charge on any atom is -0.345 e. The maximum Gasteiger partial charge on any atom is 0.251 e. The largest absolute Gasteiger partial charge is 0.345 e. The molecule has 0 fully saturated rings. The van der Waals surface area contributed by atoms with Gasteiger partial charge < -0.3 is 10.6 Å². The number of carbonyl (C=O) groups is 2. The second-order valence-electron chi connectivity index (χ2n) is 4.83. The lowest BCUT2D eigenvalue weighted by atomic mass is 10.1. The highest BCUT2D eigenvalue weighted by molar-refractivity contribution is 7.94. The summed E-state index contributed by atoms with van der Waals surface area (Å²) in [7, 11) is -3.19. The van der Waals surface area contributed by atoms with E-state index in [0.29, 0.717) is 5.56 Å². The molecule has 3 rings (SSSR count). The van der Waals surface area contributed by atoms with Gasteiger partial charge in [0, 0.05) is 16.7 Å². The first-order valence-electron chi connectivity index (χ1n) is 6.07. The van der Waals surface area contributed by atoms with Gasteiger partial charge >= 0.3 is 0 Å². The normalized spacial score (nSPS) is 22.4. The van der Waals surface area contributed by atoms with Gasteiger partial charge in [-0.3, -0.25) is 9.59 Å². The van der Waals surface area contributed by atoms with Crippen molar-refractivity contribution >= 4 is 27.3 Å². The van der Waals surface area contributed by atoms with Crippen LogP contribution in [-0.2, 0) is 21.1 Å². The molecule has 0 saturated heterocycles. The molecule has 7 heteroatoms. The van der Waals surface area contributed by atoms with Crippen molar-refractivity contribution in [2.24, 2.45) is 0 Å². The number of sulfone groups is 1. The van der Waals surface area contributed by atoms with Crippen molar-refractivity contribution < 1.29 is 18.0 Å². The smallest absolute Gasteiger partial charge is 0.251 e. The zero-order valence-electron chi connectivity index (χ0n) is 10.4. The molecule has 0 bridgehead atoms. The van der Waals surface area contributed by atoms with Crippen molar-refractivity contribution in [3.05, 3.63) is 40.8 Å². The molecular weight excluding hydrogens is 280 g/mol. The average Bonchev–Trinajstić information content (AvgIpc) is 2.89. The first-order chi connectivity index (χ1) is 9.43. The Morgan fingerprint density at radius 3 is 2.85 bits per heavy atom. The number of anilines is 1. The third kappa shape index (κ3) is 2.44. The summed E-state index contributed by atoms with van der Waals surface area (Å²) in [5.74, 6) is -0.551. The quantitative estimate of drug-likeness (QED) is 0.815. The van der Waals surface area contributed by atoms with Crippen molar-refractivity contribution in [2.75, 3.05) is 11.1 Å². The summed E-state index contributed by atoms with van der Waals surface area (Å²) in [6.07, 6.45) is 1.72. The average molecular weight is 292 g/mol. The number of amides is 2. The lowest BCUT2D eigenvalue weighted by Crippen LogP contribution is -2.35. The molecule has 0 saturated carbocycles. The van der Waals surface area contributed by atoms with E-state index in [4.69, 9.17) is 0 Å². The fourth-order valence-corrected chi connectivity index (χ4v) is 3.52. The number of rotatable bonds is 2. The van der Waals surface area contributed by atoms with E-state index in [9.17, 15) is 18.0 Å². The number of nitrogens with one attached hydrogen (secondary N) is 2. The van der Waals surface area contributed by atoms with Crippen LogP contribution in [0.25, 0.3) is 0 Å². The van der Waals surface area contributed by atoms with Gasteiger partial charge in [0.25, 0.3) is 5.91 Å². The van der Waals surface area contributed by atoms with Gasteiger partial charge in [0.2, 0.25) is 5.91 Å². The summed E-state index contributed by atoms with van der Waals surface area (Å²) in [6, 6.07) is 4.43. The fraction of sp³-hybridized carbons (Fsp3) is 0.231. The first-order valence-corrected chi connectivity index (χ1v) is 7.79. The molecule has 0 spiro atoms. The summed E-state index contributed by atoms with van der Waals surface area (Å²) in [5.41, 5.74) is 1.91. The van der Waals surface area contributed by atoms with Gasteiger partial charge in [-0.1, -0.05) is 0 Å². The van der Waals surface area contributed by atoms with Gasteiger partial charge in [-0.25, -0.2) is 8.42 Å². The highest BCUT2D eigenvalue weighted by Crippen LogP contribution is 2.23. The van der Waals surface area contributed by atoms with Crippen LogP contribution in [0, 0.1) is 0 Å². The number of hydrogen-bond acceptors (Lipinski definition) is 4. The Kier molecular flexibility index (Phi) is 2.86. The first kappa shape index (κ1) is 12.9. The molecule has 2 amide bonds. The van der Waals surface area contributed by atoms with Crippen LogP contribution in [0.5, 0.6) is 0 Å². The Balaban J connectivity index is 1.74. The van der Waals surface area contributed by atoms with Crippen LogP contribution in [0.1, 0.15) is 15.9 Å². The van der Waals surface area contributed by atoms with Crippen LogP contribution in [0.2, 0.25) is 0 Å². The molecule has 2 aliphatic heterocycles. The third-order valence-corrected chi connectivity index (χ3v) is 4.63. The van der Waals surface area contributed by atoms with Crippen molar-refractivity contribution in [3.63, 3.8) is 0 Å². The highest BCUT2D eigenvalue weighted by Gasteiger charge is 2.24. The van der Waals surface area contributed by atoms with E-state index in [0.717, 1.165) is 16.7 Å². The van der Waals surface area contributed by atoms with E-state index >= 15 is 0 Å². The molecule has 1 aromatic carbocycles. The van der Waals surface area contributed by atoms with Crippen LogP contribution in [0.15, 0.2) is 29.7 Å². The minimum absolute atomic E-state index is 0.0950. The predicted octanol–water partition coefficient (Wildman–Crippen LogP) is 0.222. The van der Waals surface area contributed by atoms with Crippen LogP contribution >= 0.6 is 0 Å². The Hall–Kier alpha value is -2.15. The number of carbonyl (C=O) groups excluding carboxylic acids is 2. The van der Waals surface area contributed by atoms with E-state index in [1.54, 1.807) is 18.2 Å². The van der Waals surface area contributed by atoms with Crippen molar-refractivity contribution in [1.82, 2.24) is 5.32 Å². The van der Waals surface area contributed by atoms with Crippen LogP contribution in [0.4, 0.5) is 5.69 Å². The van der Waals surface area contributed by atoms with E-state index in [2.05, 4.69) is 10.6 Å². The molecule has 2 N–H and O–H groups in total. The Morgan fingerprint density at radius 2 is 2.15 bits per heavy atom. The van der Waals surface area contributed by atoms with Gasteiger partial charge in [0.15, 0.2) is 9.84 Å². The third-order valence-electron chi connectivity index (χ3n) is 3.24. The van der Waals surface area contributed by atoms with Crippen molar-refractivity contribution in [3.8, 4) is 0 Å². The summed E-state index contributed by atoms with van der Waals surface area (Å²) in [6.45, 7) is 0. The molecule has 1 atom stereocenters. The summed E-state index contributed by atoms with van der Waals surface area (Å²) >= 11 is 0. The van der Waals surface area contributed by atoms with Crippen molar-refractivity contribution in [1.29, 1.82) is 0 Å². The molecular formula is C13H12N2O4S. The topological polar surface area (TPSA) is 92.3 Å². The second-order valence-corrected chi connectivity index (χ2v) is 6.77. The van der Waals surface area contributed by atoms with Gasteiger partial charge in [-0.2, -0.15) is 0 Å². The minimum atomic E-state index is -3.19. The number of benzene rings is 1. The van der Waals surface area contributed by atoms with Gasteiger partial charge in [-0.05, 0) is 29.8 Å². The zero-order chi connectivity index (χ0) is 14.3. The maximum atomic E-state index is 12.0. The van der Waals surface area contributed by atoms with Crippen LogP contribution in [0.3, 0.4) is 0 Å². The SMILES string of the molecule is O=C1Cc2cc(C(=O)NC3C=CS(=O)(=O)C3)ccc2N1.